The third kappa shape index (κ3) is 3.73. The number of rotatable bonds is 4. The van der Waals surface area contributed by atoms with Crippen molar-refractivity contribution in [3.05, 3.63) is 82.0 Å². The fraction of sp³-hybridized carbons (Fsp3) is 0.0526. The van der Waals surface area contributed by atoms with E-state index in [1.807, 2.05) is 73.0 Å². The van der Waals surface area contributed by atoms with Gasteiger partial charge in [-0.3, -0.25) is 4.79 Å². The summed E-state index contributed by atoms with van der Waals surface area (Å²) in [6.07, 6.45) is 1.68. The van der Waals surface area contributed by atoms with Crippen LogP contribution in [0.4, 0.5) is 0 Å². The SMILES string of the molecule is Cc1ccsc1/C=N\NC(=O)c1ccc(-c2ccccc2)cc1. The number of nitrogens with zero attached hydrogens (tertiary/aromatic N) is 1. The molecule has 1 amide bonds. The van der Waals surface area contributed by atoms with E-state index in [4.69, 9.17) is 0 Å². The van der Waals surface area contributed by atoms with Gasteiger partial charge in [-0.15, -0.1) is 11.3 Å². The van der Waals surface area contributed by atoms with Crippen LogP contribution in [0.1, 0.15) is 20.8 Å². The molecule has 0 radical (unpaired) electrons. The van der Waals surface area contributed by atoms with E-state index < -0.39 is 0 Å². The zero-order valence-electron chi connectivity index (χ0n) is 12.7. The van der Waals surface area contributed by atoms with Gasteiger partial charge in [0.25, 0.3) is 5.91 Å². The smallest absolute Gasteiger partial charge is 0.267 e. The maximum Gasteiger partial charge on any atom is 0.271 e. The average molecular weight is 320 g/mol. The van der Waals surface area contributed by atoms with Crippen molar-refractivity contribution in [3.8, 4) is 11.1 Å². The third-order valence-corrected chi connectivity index (χ3v) is 4.46. The van der Waals surface area contributed by atoms with Gasteiger partial charge >= 0.3 is 0 Å². The van der Waals surface area contributed by atoms with Crippen LogP contribution in [0.15, 0.2) is 71.1 Å². The van der Waals surface area contributed by atoms with Gasteiger partial charge < -0.3 is 0 Å². The van der Waals surface area contributed by atoms with Crippen LogP contribution in [0.25, 0.3) is 11.1 Å². The molecule has 0 bridgehead atoms. The summed E-state index contributed by atoms with van der Waals surface area (Å²) in [7, 11) is 0. The number of aryl methyl sites for hydroxylation is 1. The van der Waals surface area contributed by atoms with Gasteiger partial charge in [-0.1, -0.05) is 42.5 Å². The van der Waals surface area contributed by atoms with Crippen molar-refractivity contribution in [3.63, 3.8) is 0 Å². The van der Waals surface area contributed by atoms with Crippen molar-refractivity contribution in [1.82, 2.24) is 5.43 Å². The Morgan fingerprint density at radius 2 is 1.70 bits per heavy atom. The molecule has 0 unspecified atom stereocenters. The number of hydrogen-bond donors (Lipinski definition) is 1. The molecule has 2 aromatic carbocycles. The highest BCUT2D eigenvalue weighted by Gasteiger charge is 2.05. The Morgan fingerprint density at radius 3 is 2.35 bits per heavy atom. The molecule has 0 saturated heterocycles. The molecule has 0 aliphatic heterocycles. The third-order valence-electron chi connectivity index (χ3n) is 3.50. The summed E-state index contributed by atoms with van der Waals surface area (Å²) in [5.41, 5.74) is 6.51. The Bertz CT molecular complexity index is 820. The van der Waals surface area contributed by atoms with Crippen molar-refractivity contribution in [2.45, 2.75) is 6.92 Å². The van der Waals surface area contributed by atoms with Gasteiger partial charge in [0, 0.05) is 10.4 Å². The highest BCUT2D eigenvalue weighted by Crippen LogP contribution is 2.19. The summed E-state index contributed by atoms with van der Waals surface area (Å²) in [5.74, 6) is -0.213. The maximum atomic E-state index is 12.1. The summed E-state index contributed by atoms with van der Waals surface area (Å²) in [4.78, 5) is 13.1. The van der Waals surface area contributed by atoms with Crippen LogP contribution in [0, 0.1) is 6.92 Å². The summed E-state index contributed by atoms with van der Waals surface area (Å²) < 4.78 is 0. The monoisotopic (exact) mass is 320 g/mol. The first kappa shape index (κ1) is 15.2. The highest BCUT2D eigenvalue weighted by atomic mass is 32.1. The van der Waals surface area contributed by atoms with E-state index in [1.54, 1.807) is 17.6 Å². The highest BCUT2D eigenvalue weighted by molar-refractivity contribution is 7.11. The van der Waals surface area contributed by atoms with Crippen LogP contribution in [-0.4, -0.2) is 12.1 Å². The van der Waals surface area contributed by atoms with E-state index >= 15 is 0 Å². The lowest BCUT2D eigenvalue weighted by atomic mass is 10.0. The van der Waals surface area contributed by atoms with Gasteiger partial charge in [0.15, 0.2) is 0 Å². The summed E-state index contributed by atoms with van der Waals surface area (Å²) in [5, 5.41) is 6.02. The molecule has 3 nitrogen and oxygen atoms in total. The number of nitrogens with one attached hydrogen (secondary N) is 1. The van der Waals surface area contributed by atoms with Crippen LogP contribution in [0.2, 0.25) is 0 Å². The fourth-order valence-electron chi connectivity index (χ4n) is 2.18. The molecule has 0 saturated carbocycles. The molecular weight excluding hydrogens is 304 g/mol. The standard InChI is InChI=1S/C19H16N2OS/c1-14-11-12-23-18(14)13-20-21-19(22)17-9-7-16(8-10-17)15-5-3-2-4-6-15/h2-13H,1H3,(H,21,22)/b20-13-. The molecule has 0 spiro atoms. The zero-order chi connectivity index (χ0) is 16.1. The normalized spacial score (nSPS) is 10.8. The van der Waals surface area contributed by atoms with Gasteiger partial charge in [0.1, 0.15) is 0 Å². The fourth-order valence-corrected chi connectivity index (χ4v) is 2.96. The van der Waals surface area contributed by atoms with Crippen LogP contribution >= 0.6 is 11.3 Å². The summed E-state index contributed by atoms with van der Waals surface area (Å²) in [6, 6.07) is 19.6. The lowest BCUT2D eigenvalue weighted by molar-refractivity contribution is 0.0955. The molecule has 0 fully saturated rings. The molecular formula is C19H16N2OS. The molecule has 1 heterocycles. The van der Waals surface area contributed by atoms with E-state index in [2.05, 4.69) is 10.5 Å². The van der Waals surface area contributed by atoms with Crippen molar-refractivity contribution < 1.29 is 4.79 Å². The Kier molecular flexibility index (Phi) is 4.64. The van der Waals surface area contributed by atoms with Gasteiger partial charge in [0.05, 0.1) is 6.21 Å². The predicted octanol–water partition coefficient (Wildman–Crippen LogP) is 4.49. The van der Waals surface area contributed by atoms with Gasteiger partial charge in [-0.2, -0.15) is 5.10 Å². The maximum absolute atomic E-state index is 12.1. The van der Waals surface area contributed by atoms with E-state index in [0.717, 1.165) is 21.6 Å². The average Bonchev–Trinajstić information content (AvgIpc) is 3.01. The molecule has 1 N–H and O–H groups in total. The van der Waals surface area contributed by atoms with Crippen LogP contribution in [0.5, 0.6) is 0 Å². The number of amides is 1. The van der Waals surface area contributed by atoms with Gasteiger partial charge in [-0.05, 0) is 47.2 Å². The summed E-state index contributed by atoms with van der Waals surface area (Å²) in [6.45, 7) is 2.02. The molecule has 0 aliphatic rings. The largest absolute Gasteiger partial charge is 0.271 e. The predicted molar refractivity (Wildman–Crippen MR) is 96.0 cm³/mol. The van der Waals surface area contributed by atoms with E-state index in [0.29, 0.717) is 5.56 Å². The molecule has 0 atom stereocenters. The van der Waals surface area contributed by atoms with Gasteiger partial charge in [0.2, 0.25) is 0 Å². The molecule has 3 rings (SSSR count). The second kappa shape index (κ2) is 7.03. The zero-order valence-corrected chi connectivity index (χ0v) is 13.5. The van der Waals surface area contributed by atoms with Crippen LogP contribution in [0.3, 0.4) is 0 Å². The summed E-state index contributed by atoms with van der Waals surface area (Å²) >= 11 is 1.60. The lowest BCUT2D eigenvalue weighted by Crippen LogP contribution is -2.17. The van der Waals surface area contributed by atoms with E-state index in [1.165, 1.54) is 0 Å². The second-order valence-corrected chi connectivity index (χ2v) is 6.06. The quantitative estimate of drug-likeness (QED) is 0.558. The van der Waals surface area contributed by atoms with Gasteiger partial charge in [-0.25, -0.2) is 5.43 Å². The Balaban J connectivity index is 1.66. The number of carbonyl (C=O) groups excluding carboxylic acids is 1. The number of benzene rings is 2. The molecule has 4 heteroatoms. The minimum absolute atomic E-state index is 0.213. The van der Waals surface area contributed by atoms with Crippen LogP contribution < -0.4 is 5.43 Å². The first-order valence-corrected chi connectivity index (χ1v) is 8.15. The van der Waals surface area contributed by atoms with E-state index in [9.17, 15) is 4.79 Å². The van der Waals surface area contributed by atoms with Crippen molar-refractivity contribution in [1.29, 1.82) is 0 Å². The van der Waals surface area contributed by atoms with Crippen molar-refractivity contribution in [2.75, 3.05) is 0 Å². The second-order valence-electron chi connectivity index (χ2n) is 5.11. The first-order valence-electron chi connectivity index (χ1n) is 7.27. The van der Waals surface area contributed by atoms with Crippen LogP contribution in [-0.2, 0) is 0 Å². The number of hydrogen-bond acceptors (Lipinski definition) is 3. The first-order chi connectivity index (χ1) is 11.2. The molecule has 1 aromatic heterocycles. The minimum Gasteiger partial charge on any atom is -0.267 e. The topological polar surface area (TPSA) is 41.5 Å². The minimum atomic E-state index is -0.213. The Morgan fingerprint density at radius 1 is 1.00 bits per heavy atom. The number of hydrazone groups is 1. The molecule has 23 heavy (non-hydrogen) atoms. The number of thiophene rings is 1. The van der Waals surface area contributed by atoms with Crippen molar-refractivity contribution in [2.24, 2.45) is 5.10 Å². The number of carbonyl (C=O) groups is 1. The lowest BCUT2D eigenvalue weighted by Gasteiger charge is -2.03. The molecule has 114 valence electrons. The molecule has 0 aliphatic carbocycles. The van der Waals surface area contributed by atoms with Crippen molar-refractivity contribution >= 4 is 23.5 Å². The molecule has 3 aromatic rings. The Labute approximate surface area is 139 Å². The Hall–Kier alpha value is -2.72. The van der Waals surface area contributed by atoms with E-state index in [-0.39, 0.29) is 5.91 Å².